The number of fused-ring (bicyclic) bond motifs is 1. The van der Waals surface area contributed by atoms with Crippen LogP contribution in [0.1, 0.15) is 20.8 Å². The number of terminal acetylenes is 1. The highest BCUT2D eigenvalue weighted by atomic mass is 19.4. The minimum atomic E-state index is -4.46. The maximum atomic E-state index is 12.2. The van der Waals surface area contributed by atoms with E-state index < -0.39 is 24.7 Å². The summed E-state index contributed by atoms with van der Waals surface area (Å²) in [4.78, 5) is 27.5. The zero-order valence-corrected chi connectivity index (χ0v) is 16.8. The van der Waals surface area contributed by atoms with Crippen LogP contribution in [-0.2, 0) is 4.79 Å². The Balaban J connectivity index is 0.00000106. The Bertz CT molecular complexity index is 968. The van der Waals surface area contributed by atoms with Crippen molar-refractivity contribution < 1.29 is 18.0 Å². The number of alkyl halides is 3. The first-order chi connectivity index (χ1) is 14.3. The van der Waals surface area contributed by atoms with Crippen molar-refractivity contribution in [2.75, 3.05) is 11.9 Å². The van der Waals surface area contributed by atoms with E-state index in [4.69, 9.17) is 0 Å². The molecule has 3 aromatic heterocycles. The predicted octanol–water partition coefficient (Wildman–Crippen LogP) is 3.77. The van der Waals surface area contributed by atoms with Crippen molar-refractivity contribution in [2.24, 2.45) is 0 Å². The minimum absolute atomic E-state index is 0.322. The Hall–Kier alpha value is -3.61. The Kier molecular flexibility index (Phi) is 9.29. The molecule has 3 heterocycles. The van der Waals surface area contributed by atoms with Crippen LogP contribution in [-0.4, -0.2) is 44.6 Å². The number of halogens is 3. The van der Waals surface area contributed by atoms with E-state index in [0.29, 0.717) is 17.3 Å². The zero-order valence-electron chi connectivity index (χ0n) is 16.8. The summed E-state index contributed by atoms with van der Waals surface area (Å²) in [5.41, 5.74) is 1.41. The van der Waals surface area contributed by atoms with Gasteiger partial charge in [-0.3, -0.25) is 4.79 Å². The van der Waals surface area contributed by atoms with Crippen molar-refractivity contribution in [3.63, 3.8) is 0 Å². The van der Waals surface area contributed by atoms with Gasteiger partial charge in [0.1, 0.15) is 24.1 Å². The quantitative estimate of drug-likeness (QED) is 0.546. The molecular formula is C20H23F3N6O. The number of nitrogens with zero attached hydrogens (tertiary/aromatic N) is 3. The lowest BCUT2D eigenvalue weighted by Gasteiger charge is -2.15. The molecular weight excluding hydrogens is 397 g/mol. The van der Waals surface area contributed by atoms with E-state index in [0.717, 1.165) is 10.9 Å². The van der Waals surface area contributed by atoms with E-state index in [1.807, 2.05) is 25.2 Å². The number of carbonyl (C=O) groups is 1. The van der Waals surface area contributed by atoms with Gasteiger partial charge in [0.2, 0.25) is 5.91 Å². The second-order valence-corrected chi connectivity index (χ2v) is 5.57. The Morgan fingerprint density at radius 2 is 1.90 bits per heavy atom. The van der Waals surface area contributed by atoms with E-state index in [2.05, 4.69) is 38.1 Å². The van der Waals surface area contributed by atoms with Gasteiger partial charge in [-0.1, -0.05) is 13.8 Å². The lowest BCUT2D eigenvalue weighted by Crippen LogP contribution is -2.42. The number of anilines is 1. The van der Waals surface area contributed by atoms with Crippen LogP contribution in [0.25, 0.3) is 22.4 Å². The van der Waals surface area contributed by atoms with Crippen molar-refractivity contribution >= 4 is 22.8 Å². The molecule has 0 unspecified atom stereocenters. The van der Waals surface area contributed by atoms with E-state index in [-0.39, 0.29) is 0 Å². The molecule has 3 rings (SSSR count). The molecule has 7 nitrogen and oxygen atoms in total. The number of H-pyrrole nitrogens is 1. The number of aromatic amines is 1. The fraction of sp³-hybridized carbons (Fsp3) is 0.300. The normalized spacial score (nSPS) is 11.3. The summed E-state index contributed by atoms with van der Waals surface area (Å²) in [7, 11) is 0. The molecule has 1 atom stereocenters. The summed E-state index contributed by atoms with van der Waals surface area (Å²) in [5, 5.41) is 5.43. The second-order valence-electron chi connectivity index (χ2n) is 5.57. The largest absolute Gasteiger partial charge is 0.405 e. The van der Waals surface area contributed by atoms with Gasteiger partial charge in [-0.2, -0.15) is 13.2 Å². The molecule has 0 aliphatic rings. The van der Waals surface area contributed by atoms with Gasteiger partial charge in [-0.15, -0.1) is 12.8 Å². The minimum Gasteiger partial charge on any atom is -0.359 e. The molecule has 0 bridgehead atoms. The molecule has 10 heteroatoms. The average molecular weight is 420 g/mol. The predicted molar refractivity (Wildman–Crippen MR) is 111 cm³/mol. The topological polar surface area (TPSA) is 95.6 Å². The molecule has 160 valence electrons. The van der Waals surface area contributed by atoms with Gasteiger partial charge in [0.25, 0.3) is 0 Å². The number of hydrogen-bond acceptors (Lipinski definition) is 5. The Labute approximate surface area is 172 Å². The number of amides is 1. The molecule has 3 aromatic rings. The van der Waals surface area contributed by atoms with Crippen molar-refractivity contribution in [3.05, 3.63) is 36.8 Å². The highest BCUT2D eigenvalue weighted by molar-refractivity contribution is 5.91. The first-order valence-corrected chi connectivity index (χ1v) is 9.03. The highest BCUT2D eigenvalue weighted by Crippen LogP contribution is 2.25. The van der Waals surface area contributed by atoms with Crippen LogP contribution in [0.3, 0.4) is 0 Å². The van der Waals surface area contributed by atoms with E-state index >= 15 is 0 Å². The van der Waals surface area contributed by atoms with Gasteiger partial charge in [-0.05, 0) is 25.1 Å². The molecule has 30 heavy (non-hydrogen) atoms. The number of rotatable bonds is 5. The summed E-state index contributed by atoms with van der Waals surface area (Å²) >= 11 is 0. The standard InChI is InChI=1S/C16H15F3N6O.C2H6.C2H2/c1-9(15(26)23-8-16(17,18)19)24-12-4-6-21-14(25-12)11-7-22-13-10(11)3-2-5-20-13;2*1-2/h2-7,9H,8H2,1H3,(H,20,22)(H,23,26)(H,21,24,25);1-2H3;1-2H/t9-;;/m0../s1. The summed E-state index contributed by atoms with van der Waals surface area (Å²) in [5.74, 6) is -0.0566. The van der Waals surface area contributed by atoms with Gasteiger partial charge in [-0.25, -0.2) is 15.0 Å². The van der Waals surface area contributed by atoms with Crippen molar-refractivity contribution in [1.82, 2.24) is 25.3 Å². The lowest BCUT2D eigenvalue weighted by molar-refractivity contribution is -0.138. The Morgan fingerprint density at radius 3 is 2.57 bits per heavy atom. The van der Waals surface area contributed by atoms with Crippen molar-refractivity contribution in [3.8, 4) is 24.2 Å². The van der Waals surface area contributed by atoms with Gasteiger partial charge in [0.15, 0.2) is 5.82 Å². The summed E-state index contributed by atoms with van der Waals surface area (Å²) in [6, 6.07) is 4.29. The number of carbonyl (C=O) groups excluding carboxylic acids is 1. The van der Waals surface area contributed by atoms with Crippen LogP contribution in [0.4, 0.5) is 19.0 Å². The molecule has 0 aliphatic heterocycles. The molecule has 1 amide bonds. The fourth-order valence-electron chi connectivity index (χ4n) is 2.34. The summed E-state index contributed by atoms with van der Waals surface area (Å²) in [6.07, 6.45) is 8.42. The number of pyridine rings is 1. The van der Waals surface area contributed by atoms with Gasteiger partial charge >= 0.3 is 6.18 Å². The third-order valence-electron chi connectivity index (χ3n) is 3.57. The fourth-order valence-corrected chi connectivity index (χ4v) is 2.34. The van der Waals surface area contributed by atoms with E-state index in [1.54, 1.807) is 18.5 Å². The molecule has 0 radical (unpaired) electrons. The van der Waals surface area contributed by atoms with Crippen LogP contribution >= 0.6 is 0 Å². The van der Waals surface area contributed by atoms with Gasteiger partial charge in [0, 0.05) is 29.5 Å². The van der Waals surface area contributed by atoms with E-state index in [9.17, 15) is 18.0 Å². The van der Waals surface area contributed by atoms with Crippen LogP contribution < -0.4 is 10.6 Å². The maximum absolute atomic E-state index is 12.2. The maximum Gasteiger partial charge on any atom is 0.405 e. The third-order valence-corrected chi connectivity index (χ3v) is 3.57. The molecule has 0 saturated heterocycles. The van der Waals surface area contributed by atoms with E-state index in [1.165, 1.54) is 19.2 Å². The third kappa shape index (κ3) is 6.77. The first kappa shape index (κ1) is 24.4. The van der Waals surface area contributed by atoms with Crippen LogP contribution in [0.15, 0.2) is 36.8 Å². The van der Waals surface area contributed by atoms with Crippen LogP contribution in [0.5, 0.6) is 0 Å². The summed E-state index contributed by atoms with van der Waals surface area (Å²) in [6.45, 7) is 4.07. The van der Waals surface area contributed by atoms with Gasteiger partial charge < -0.3 is 15.6 Å². The SMILES string of the molecule is C#C.CC.C[C@H](Nc1ccnc(-c2c[nH]c3ncccc23)n1)C(=O)NCC(F)(F)F. The van der Waals surface area contributed by atoms with Crippen LogP contribution in [0, 0.1) is 12.8 Å². The zero-order chi connectivity index (χ0) is 22.7. The second kappa shape index (κ2) is 11.4. The molecule has 0 spiro atoms. The lowest BCUT2D eigenvalue weighted by atomic mass is 10.2. The summed E-state index contributed by atoms with van der Waals surface area (Å²) < 4.78 is 36.5. The molecule has 0 aliphatic carbocycles. The molecule has 0 fully saturated rings. The molecule has 0 saturated carbocycles. The van der Waals surface area contributed by atoms with Crippen molar-refractivity contribution in [1.29, 1.82) is 0 Å². The van der Waals surface area contributed by atoms with Gasteiger partial charge in [0.05, 0.1) is 0 Å². The molecule has 3 N–H and O–H groups in total. The number of nitrogens with one attached hydrogen (secondary N) is 3. The van der Waals surface area contributed by atoms with Crippen LogP contribution in [0.2, 0.25) is 0 Å². The first-order valence-electron chi connectivity index (χ1n) is 9.03. The average Bonchev–Trinajstić information content (AvgIpc) is 3.19. The number of aromatic nitrogens is 4. The highest BCUT2D eigenvalue weighted by Gasteiger charge is 2.28. The monoisotopic (exact) mass is 420 g/mol. The molecule has 0 aromatic carbocycles. The number of hydrogen-bond donors (Lipinski definition) is 3. The smallest absolute Gasteiger partial charge is 0.359 e. The van der Waals surface area contributed by atoms with Crippen molar-refractivity contribution in [2.45, 2.75) is 33.0 Å². The Morgan fingerprint density at radius 1 is 1.20 bits per heavy atom.